The molecule has 0 amide bonds. The number of anilines is 1. The minimum Gasteiger partial charge on any atom is -0.382 e. The van der Waals surface area contributed by atoms with Crippen molar-refractivity contribution in [3.05, 3.63) is 10.7 Å². The molecule has 1 heterocycles. The van der Waals surface area contributed by atoms with Crippen LogP contribution >= 0.6 is 15.9 Å². The van der Waals surface area contributed by atoms with E-state index in [4.69, 9.17) is 5.73 Å². The number of nitrogen functional groups attached to an aromatic ring is 1. The monoisotopic (exact) mass is 217 g/mol. The fraction of sp³-hybridized carbons (Fsp3) is 0.571. The lowest BCUT2D eigenvalue weighted by atomic mass is 10.1. The van der Waals surface area contributed by atoms with E-state index in [1.54, 1.807) is 6.07 Å². The van der Waals surface area contributed by atoms with Crippen LogP contribution in [0.1, 0.15) is 20.8 Å². The van der Waals surface area contributed by atoms with E-state index >= 15 is 0 Å². The number of hydrogen-bond donors (Lipinski definition) is 1. The maximum absolute atomic E-state index is 5.51. The zero-order valence-electron chi connectivity index (χ0n) is 6.93. The fourth-order valence-corrected chi connectivity index (χ4v) is 1.69. The average molecular weight is 218 g/mol. The number of halogens is 1. The third-order valence-electron chi connectivity index (χ3n) is 1.32. The van der Waals surface area contributed by atoms with Crippen LogP contribution in [0.3, 0.4) is 0 Å². The van der Waals surface area contributed by atoms with E-state index in [2.05, 4.69) is 41.8 Å². The van der Waals surface area contributed by atoms with Crippen LogP contribution in [0.4, 0.5) is 5.82 Å². The van der Waals surface area contributed by atoms with E-state index < -0.39 is 0 Å². The highest BCUT2D eigenvalue weighted by Crippen LogP contribution is 2.22. The number of hydrogen-bond acceptors (Lipinski definition) is 2. The standard InChI is InChI=1S/C7H12BrN3/c1-7(2,3)11-5(8)4-6(9)10-11/h4H,1-3H3,(H2,9,10). The average Bonchev–Trinajstić information content (AvgIpc) is 2.08. The van der Waals surface area contributed by atoms with Crippen molar-refractivity contribution in [2.24, 2.45) is 0 Å². The second kappa shape index (κ2) is 2.52. The van der Waals surface area contributed by atoms with Crippen molar-refractivity contribution in [1.82, 2.24) is 9.78 Å². The molecule has 0 radical (unpaired) electrons. The molecule has 0 aliphatic rings. The Bertz CT molecular complexity index is 259. The molecule has 0 atom stereocenters. The van der Waals surface area contributed by atoms with Gasteiger partial charge in [0.2, 0.25) is 0 Å². The number of nitrogens with two attached hydrogens (primary N) is 1. The van der Waals surface area contributed by atoms with Gasteiger partial charge < -0.3 is 5.73 Å². The van der Waals surface area contributed by atoms with Crippen molar-refractivity contribution < 1.29 is 0 Å². The molecule has 62 valence electrons. The molecule has 0 unspecified atom stereocenters. The third-order valence-corrected chi connectivity index (χ3v) is 1.89. The van der Waals surface area contributed by atoms with Crippen LogP contribution in [-0.4, -0.2) is 9.78 Å². The Hall–Kier alpha value is -0.510. The molecule has 0 aliphatic heterocycles. The molecule has 1 rings (SSSR count). The van der Waals surface area contributed by atoms with Gasteiger partial charge in [-0.05, 0) is 36.7 Å². The molecule has 1 aromatic heterocycles. The van der Waals surface area contributed by atoms with Crippen molar-refractivity contribution in [3.8, 4) is 0 Å². The van der Waals surface area contributed by atoms with Crippen LogP contribution in [0.2, 0.25) is 0 Å². The molecule has 2 N–H and O–H groups in total. The van der Waals surface area contributed by atoms with Crippen LogP contribution in [-0.2, 0) is 5.54 Å². The smallest absolute Gasteiger partial charge is 0.146 e. The SMILES string of the molecule is CC(C)(C)n1nc(N)cc1Br. The van der Waals surface area contributed by atoms with Gasteiger partial charge >= 0.3 is 0 Å². The first-order valence-corrected chi connectivity index (χ1v) is 4.22. The highest BCUT2D eigenvalue weighted by atomic mass is 79.9. The van der Waals surface area contributed by atoms with Crippen molar-refractivity contribution in [2.75, 3.05) is 5.73 Å². The number of rotatable bonds is 0. The highest BCUT2D eigenvalue weighted by molar-refractivity contribution is 9.10. The summed E-state index contributed by atoms with van der Waals surface area (Å²) >= 11 is 3.37. The second-order valence-corrected chi connectivity index (χ2v) is 4.29. The molecule has 0 fully saturated rings. The first kappa shape index (κ1) is 8.59. The lowest BCUT2D eigenvalue weighted by molar-refractivity contribution is 0.349. The molecule has 0 saturated heterocycles. The van der Waals surface area contributed by atoms with Gasteiger partial charge in [-0.15, -0.1) is 0 Å². The van der Waals surface area contributed by atoms with Gasteiger partial charge in [-0.2, -0.15) is 5.10 Å². The number of nitrogens with zero attached hydrogens (tertiary/aromatic N) is 2. The zero-order chi connectivity index (χ0) is 8.65. The van der Waals surface area contributed by atoms with Gasteiger partial charge in [-0.25, -0.2) is 0 Å². The lowest BCUT2D eigenvalue weighted by Crippen LogP contribution is -2.23. The predicted molar refractivity (Wildman–Crippen MR) is 49.3 cm³/mol. The predicted octanol–water partition coefficient (Wildman–Crippen LogP) is 1.98. The van der Waals surface area contributed by atoms with Crippen molar-refractivity contribution in [2.45, 2.75) is 26.3 Å². The molecule has 0 spiro atoms. The summed E-state index contributed by atoms with van der Waals surface area (Å²) in [7, 11) is 0. The van der Waals surface area contributed by atoms with E-state index in [-0.39, 0.29) is 5.54 Å². The van der Waals surface area contributed by atoms with Gasteiger partial charge in [0.15, 0.2) is 0 Å². The Morgan fingerprint density at radius 2 is 2.09 bits per heavy atom. The van der Waals surface area contributed by atoms with E-state index in [1.165, 1.54) is 0 Å². The molecular formula is C7H12BrN3. The van der Waals surface area contributed by atoms with E-state index in [9.17, 15) is 0 Å². The summed E-state index contributed by atoms with van der Waals surface area (Å²) in [5.41, 5.74) is 5.50. The summed E-state index contributed by atoms with van der Waals surface area (Å²) in [5, 5.41) is 4.13. The van der Waals surface area contributed by atoms with Gasteiger partial charge in [0.05, 0.1) is 5.54 Å². The van der Waals surface area contributed by atoms with E-state index in [0.717, 1.165) is 4.60 Å². The molecule has 0 saturated carbocycles. The van der Waals surface area contributed by atoms with Crippen molar-refractivity contribution >= 4 is 21.7 Å². The molecular weight excluding hydrogens is 206 g/mol. The van der Waals surface area contributed by atoms with Crippen molar-refractivity contribution in [1.29, 1.82) is 0 Å². The summed E-state index contributed by atoms with van der Waals surface area (Å²) in [5.74, 6) is 0.548. The van der Waals surface area contributed by atoms with Gasteiger partial charge in [-0.1, -0.05) is 0 Å². The Morgan fingerprint density at radius 1 is 1.55 bits per heavy atom. The summed E-state index contributed by atoms with van der Waals surface area (Å²) in [6.45, 7) is 6.22. The normalized spacial score (nSPS) is 12.0. The summed E-state index contributed by atoms with van der Waals surface area (Å²) in [6.07, 6.45) is 0. The molecule has 1 aromatic rings. The van der Waals surface area contributed by atoms with Crippen LogP contribution < -0.4 is 5.73 Å². The zero-order valence-corrected chi connectivity index (χ0v) is 8.51. The quantitative estimate of drug-likeness (QED) is 0.723. The lowest BCUT2D eigenvalue weighted by Gasteiger charge is -2.20. The third kappa shape index (κ3) is 1.74. The Kier molecular flexibility index (Phi) is 1.96. The van der Waals surface area contributed by atoms with Crippen molar-refractivity contribution in [3.63, 3.8) is 0 Å². The topological polar surface area (TPSA) is 43.8 Å². The second-order valence-electron chi connectivity index (χ2n) is 3.47. The first-order chi connectivity index (χ1) is 4.91. The fourth-order valence-electron chi connectivity index (χ4n) is 0.846. The molecule has 4 heteroatoms. The van der Waals surface area contributed by atoms with E-state index in [1.807, 2.05) is 4.68 Å². The molecule has 0 aliphatic carbocycles. The maximum Gasteiger partial charge on any atom is 0.146 e. The van der Waals surface area contributed by atoms with Gasteiger partial charge in [0.1, 0.15) is 10.4 Å². The first-order valence-electron chi connectivity index (χ1n) is 3.43. The maximum atomic E-state index is 5.51. The van der Waals surface area contributed by atoms with Crippen LogP contribution in [0.15, 0.2) is 10.7 Å². The van der Waals surface area contributed by atoms with Gasteiger partial charge in [0.25, 0.3) is 0 Å². The Morgan fingerprint density at radius 3 is 2.27 bits per heavy atom. The van der Waals surface area contributed by atoms with Crippen LogP contribution in [0.25, 0.3) is 0 Å². The van der Waals surface area contributed by atoms with Crippen LogP contribution in [0.5, 0.6) is 0 Å². The van der Waals surface area contributed by atoms with Gasteiger partial charge in [-0.3, -0.25) is 4.68 Å². The Labute approximate surface area is 74.7 Å². The molecule has 11 heavy (non-hydrogen) atoms. The summed E-state index contributed by atoms with van der Waals surface area (Å²) in [4.78, 5) is 0. The minimum absolute atomic E-state index is 0.0174. The highest BCUT2D eigenvalue weighted by Gasteiger charge is 2.16. The van der Waals surface area contributed by atoms with Gasteiger partial charge in [0, 0.05) is 6.07 Å². The largest absolute Gasteiger partial charge is 0.382 e. The Balaban J connectivity index is 3.13. The summed E-state index contributed by atoms with van der Waals surface area (Å²) in [6, 6.07) is 1.80. The summed E-state index contributed by atoms with van der Waals surface area (Å²) < 4.78 is 2.77. The molecule has 0 bridgehead atoms. The minimum atomic E-state index is -0.0174. The number of aromatic nitrogens is 2. The van der Waals surface area contributed by atoms with Crippen LogP contribution in [0, 0.1) is 0 Å². The molecule has 3 nitrogen and oxygen atoms in total. The van der Waals surface area contributed by atoms with E-state index in [0.29, 0.717) is 5.82 Å². The molecule has 0 aromatic carbocycles.